The fourth-order valence-electron chi connectivity index (χ4n) is 4.75. The Kier molecular flexibility index (Phi) is 8.41. The lowest BCUT2D eigenvalue weighted by Crippen LogP contribution is -2.42. The first-order chi connectivity index (χ1) is 17.3. The van der Waals surface area contributed by atoms with Gasteiger partial charge in [-0.2, -0.15) is 0 Å². The molecule has 2 aliphatic heterocycles. The third-order valence-corrected chi connectivity index (χ3v) is 6.81. The van der Waals surface area contributed by atoms with Gasteiger partial charge in [0.05, 0.1) is 0 Å². The molecule has 0 aliphatic carbocycles. The van der Waals surface area contributed by atoms with E-state index in [1.54, 1.807) is 30.0 Å². The average Bonchev–Trinajstić information content (AvgIpc) is 3.13. The van der Waals surface area contributed by atoms with Crippen molar-refractivity contribution >= 4 is 23.8 Å². The number of benzene rings is 2. The van der Waals surface area contributed by atoms with E-state index in [1.165, 1.54) is 31.1 Å². The molecule has 2 fully saturated rings. The van der Waals surface area contributed by atoms with Crippen molar-refractivity contribution in [2.75, 3.05) is 32.7 Å². The second kappa shape index (κ2) is 11.7. The van der Waals surface area contributed by atoms with Crippen molar-refractivity contribution < 1.29 is 22.8 Å². The maximum absolute atomic E-state index is 13.8. The molecule has 4 nitrogen and oxygen atoms in total. The fourth-order valence-corrected chi connectivity index (χ4v) is 4.75. The van der Waals surface area contributed by atoms with Crippen molar-refractivity contribution in [3.63, 3.8) is 0 Å². The number of Topliss-reactive ketones (excluding diaryl/α,β-unsaturated/α-hetero) is 1. The molecule has 2 aromatic carbocycles. The number of rotatable bonds is 5. The molecule has 0 bridgehead atoms. The van der Waals surface area contributed by atoms with Crippen LogP contribution in [-0.4, -0.2) is 54.2 Å². The third kappa shape index (κ3) is 6.52. The minimum atomic E-state index is -1.00. The summed E-state index contributed by atoms with van der Waals surface area (Å²) in [5.41, 5.74) is 2.16. The van der Waals surface area contributed by atoms with Gasteiger partial charge in [0.1, 0.15) is 5.82 Å². The number of aryl methyl sites for hydroxylation is 1. The van der Waals surface area contributed by atoms with Crippen molar-refractivity contribution in [1.29, 1.82) is 0 Å². The molecule has 2 aliphatic rings. The van der Waals surface area contributed by atoms with Gasteiger partial charge in [0.2, 0.25) is 5.91 Å². The predicted molar refractivity (Wildman–Crippen MR) is 135 cm³/mol. The monoisotopic (exact) mass is 496 g/mol. The Morgan fingerprint density at radius 3 is 2.00 bits per heavy atom. The number of likely N-dealkylation sites (tertiary alicyclic amines) is 2. The van der Waals surface area contributed by atoms with E-state index >= 15 is 0 Å². The zero-order chi connectivity index (χ0) is 25.7. The first-order valence-corrected chi connectivity index (χ1v) is 12.5. The Morgan fingerprint density at radius 1 is 0.833 bits per heavy atom. The molecule has 0 saturated carbocycles. The van der Waals surface area contributed by atoms with Crippen molar-refractivity contribution in [2.45, 2.75) is 39.0 Å². The maximum Gasteiger partial charge on any atom is 0.224 e. The van der Waals surface area contributed by atoms with E-state index in [0.29, 0.717) is 40.8 Å². The van der Waals surface area contributed by atoms with E-state index < -0.39 is 11.6 Å². The molecule has 0 spiro atoms. The van der Waals surface area contributed by atoms with E-state index in [-0.39, 0.29) is 30.6 Å². The topological polar surface area (TPSA) is 40.6 Å². The number of hydrogen-bond acceptors (Lipinski definition) is 3. The molecule has 36 heavy (non-hydrogen) atoms. The van der Waals surface area contributed by atoms with Crippen LogP contribution in [0.3, 0.4) is 0 Å². The van der Waals surface area contributed by atoms with E-state index in [9.17, 15) is 22.8 Å². The van der Waals surface area contributed by atoms with Gasteiger partial charge in [-0.25, -0.2) is 13.2 Å². The molecule has 2 heterocycles. The largest absolute Gasteiger partial charge is 0.334 e. The van der Waals surface area contributed by atoms with Crippen LogP contribution in [0.25, 0.3) is 12.2 Å². The summed E-state index contributed by atoms with van der Waals surface area (Å²) in [7, 11) is 0. The minimum absolute atomic E-state index is 0.0656. The lowest BCUT2D eigenvalue weighted by Gasteiger charge is -2.31. The molecule has 0 atom stereocenters. The zero-order valence-corrected chi connectivity index (χ0v) is 20.5. The zero-order valence-electron chi connectivity index (χ0n) is 20.5. The second-order valence-electron chi connectivity index (χ2n) is 9.61. The fraction of sp³-hybridized carbons (Fsp3) is 0.379. The highest BCUT2D eigenvalue weighted by Gasteiger charge is 2.29. The summed E-state index contributed by atoms with van der Waals surface area (Å²) in [6.45, 7) is 4.53. The van der Waals surface area contributed by atoms with Gasteiger partial charge in [0, 0.05) is 37.2 Å². The summed E-state index contributed by atoms with van der Waals surface area (Å²) >= 11 is 0. The first kappa shape index (κ1) is 25.9. The van der Waals surface area contributed by atoms with Crippen molar-refractivity contribution in [3.8, 4) is 0 Å². The minimum Gasteiger partial charge on any atom is -0.334 e. The second-order valence-corrected chi connectivity index (χ2v) is 9.61. The molecule has 1 amide bonds. The quantitative estimate of drug-likeness (QED) is 0.509. The van der Waals surface area contributed by atoms with Gasteiger partial charge in [0.15, 0.2) is 17.4 Å². The lowest BCUT2D eigenvalue weighted by atomic mass is 9.93. The summed E-state index contributed by atoms with van der Waals surface area (Å²) in [5, 5.41) is 0. The van der Waals surface area contributed by atoms with Gasteiger partial charge < -0.3 is 9.80 Å². The summed E-state index contributed by atoms with van der Waals surface area (Å²) < 4.78 is 40.9. The standard InChI is InChI=1S/C29H31F3N2O2/c1-20-14-21(6-8-25(20)30)15-23-18-34(28(35)10-13-33-11-4-2-3-5-12-33)19-24(29(23)36)16-22-7-9-26(31)27(32)17-22/h6-9,14-17H,2-5,10-13,18-19H2,1H3/b23-15+,24-16+. The maximum atomic E-state index is 13.8. The number of ketones is 1. The molecule has 190 valence electrons. The molecular weight excluding hydrogens is 465 g/mol. The normalized spacial score (nSPS) is 19.7. The van der Waals surface area contributed by atoms with E-state index in [1.807, 2.05) is 0 Å². The summed E-state index contributed by atoms with van der Waals surface area (Å²) in [4.78, 5) is 30.5. The summed E-state index contributed by atoms with van der Waals surface area (Å²) in [6.07, 6.45) is 8.22. The highest BCUT2D eigenvalue weighted by atomic mass is 19.2. The van der Waals surface area contributed by atoms with Crippen LogP contribution in [0.4, 0.5) is 13.2 Å². The van der Waals surface area contributed by atoms with E-state index in [4.69, 9.17) is 0 Å². The third-order valence-electron chi connectivity index (χ3n) is 6.81. The number of amides is 1. The first-order valence-electron chi connectivity index (χ1n) is 12.5. The summed E-state index contributed by atoms with van der Waals surface area (Å²) in [6, 6.07) is 8.01. The number of nitrogens with zero attached hydrogens (tertiary/aromatic N) is 2. The molecule has 4 rings (SSSR count). The van der Waals surface area contributed by atoms with Crippen molar-refractivity contribution in [3.05, 3.63) is 81.7 Å². The van der Waals surface area contributed by atoms with Crippen molar-refractivity contribution in [1.82, 2.24) is 9.80 Å². The lowest BCUT2D eigenvalue weighted by molar-refractivity contribution is -0.131. The molecule has 0 unspecified atom stereocenters. The molecule has 0 aromatic heterocycles. The van der Waals surface area contributed by atoms with Crippen LogP contribution in [0, 0.1) is 24.4 Å². The van der Waals surface area contributed by atoms with Gasteiger partial charge in [-0.15, -0.1) is 0 Å². The van der Waals surface area contributed by atoms with Crippen LogP contribution in [0.5, 0.6) is 0 Å². The number of piperidine rings is 1. The predicted octanol–water partition coefficient (Wildman–Crippen LogP) is 5.56. The SMILES string of the molecule is Cc1cc(/C=C2\CN(C(=O)CCN3CCCCCC3)C/C(=C\c3ccc(F)c(F)c3)C2=O)ccc1F. The molecule has 2 aromatic rings. The Balaban J connectivity index is 1.59. The van der Waals surface area contributed by atoms with Gasteiger partial charge in [-0.3, -0.25) is 9.59 Å². The highest BCUT2D eigenvalue weighted by Crippen LogP contribution is 2.24. The van der Waals surface area contributed by atoms with Gasteiger partial charge in [0.25, 0.3) is 0 Å². The van der Waals surface area contributed by atoms with Crippen LogP contribution < -0.4 is 0 Å². The van der Waals surface area contributed by atoms with Gasteiger partial charge in [-0.1, -0.05) is 25.0 Å². The molecule has 7 heteroatoms. The Labute approximate surface area is 210 Å². The van der Waals surface area contributed by atoms with Crippen LogP contribution >= 0.6 is 0 Å². The van der Waals surface area contributed by atoms with Crippen LogP contribution in [-0.2, 0) is 9.59 Å². The van der Waals surface area contributed by atoms with Gasteiger partial charge in [-0.05, 0) is 86.0 Å². The van der Waals surface area contributed by atoms with E-state index in [2.05, 4.69) is 4.90 Å². The van der Waals surface area contributed by atoms with E-state index in [0.717, 1.165) is 38.1 Å². The number of halogens is 3. The molecule has 0 radical (unpaired) electrons. The summed E-state index contributed by atoms with van der Waals surface area (Å²) in [5.74, 6) is -2.64. The van der Waals surface area contributed by atoms with Crippen LogP contribution in [0.1, 0.15) is 48.8 Å². The average molecular weight is 497 g/mol. The molecule has 0 N–H and O–H groups in total. The molecular formula is C29H31F3N2O2. The smallest absolute Gasteiger partial charge is 0.224 e. The number of hydrogen-bond donors (Lipinski definition) is 0. The van der Waals surface area contributed by atoms with Crippen molar-refractivity contribution in [2.24, 2.45) is 0 Å². The van der Waals surface area contributed by atoms with Crippen LogP contribution in [0.2, 0.25) is 0 Å². The highest BCUT2D eigenvalue weighted by molar-refractivity contribution is 6.15. The Bertz CT molecular complexity index is 1120. The number of carbonyl (C=O) groups is 2. The van der Waals surface area contributed by atoms with Crippen LogP contribution in [0.15, 0.2) is 47.5 Å². The van der Waals surface area contributed by atoms with Gasteiger partial charge >= 0.3 is 0 Å². The number of carbonyl (C=O) groups excluding carboxylic acids is 2. The Morgan fingerprint density at radius 2 is 1.42 bits per heavy atom. The Hall–Kier alpha value is -3.19. The molecule has 2 saturated heterocycles.